The molecule has 5 heteroatoms. The van der Waals surface area contributed by atoms with Gasteiger partial charge < -0.3 is 15.0 Å². The van der Waals surface area contributed by atoms with Crippen molar-refractivity contribution < 1.29 is 14.3 Å². The highest BCUT2D eigenvalue weighted by Gasteiger charge is 2.44. The Kier molecular flexibility index (Phi) is 3.38. The second-order valence-corrected chi connectivity index (χ2v) is 4.90. The van der Waals surface area contributed by atoms with Gasteiger partial charge in [0.05, 0.1) is 0 Å². The smallest absolute Gasteiger partial charge is 0.255 e. The summed E-state index contributed by atoms with van der Waals surface area (Å²) in [6.07, 6.45) is 2.31. The Bertz CT molecular complexity index is 324. The molecule has 0 aliphatic carbocycles. The highest BCUT2D eigenvalue weighted by atomic mass is 16.5. The molecule has 0 aromatic carbocycles. The number of piperazine rings is 1. The zero-order chi connectivity index (χ0) is 12.5. The van der Waals surface area contributed by atoms with Gasteiger partial charge in [-0.25, -0.2) is 0 Å². The van der Waals surface area contributed by atoms with E-state index in [4.69, 9.17) is 4.74 Å². The molecule has 0 aromatic heterocycles. The van der Waals surface area contributed by atoms with Gasteiger partial charge in [-0.2, -0.15) is 0 Å². The van der Waals surface area contributed by atoms with Crippen LogP contribution in [0.5, 0.6) is 0 Å². The van der Waals surface area contributed by atoms with Crippen LogP contribution < -0.4 is 5.32 Å². The van der Waals surface area contributed by atoms with E-state index in [1.165, 1.54) is 0 Å². The molecule has 2 rings (SSSR count). The molecule has 2 fully saturated rings. The second-order valence-electron chi connectivity index (χ2n) is 4.90. The molecule has 2 saturated heterocycles. The fraction of sp³-hybridized carbons (Fsp3) is 0.833. The number of hydrogen-bond acceptors (Lipinski definition) is 3. The highest BCUT2D eigenvalue weighted by molar-refractivity contribution is 5.92. The SMILES string of the molecule is CCC1C(=O)NCCN1C(=O)C1(C)CCCO1. The largest absolute Gasteiger partial charge is 0.365 e. The first-order chi connectivity index (χ1) is 8.08. The maximum absolute atomic E-state index is 12.5. The average Bonchev–Trinajstić information content (AvgIpc) is 2.76. The monoisotopic (exact) mass is 240 g/mol. The normalized spacial score (nSPS) is 33.6. The molecule has 2 aliphatic heterocycles. The summed E-state index contributed by atoms with van der Waals surface area (Å²) in [6, 6.07) is -0.336. The van der Waals surface area contributed by atoms with Gasteiger partial charge in [0.2, 0.25) is 5.91 Å². The third-order valence-corrected chi connectivity index (χ3v) is 3.65. The van der Waals surface area contributed by atoms with Crippen LogP contribution in [0.1, 0.15) is 33.1 Å². The molecular weight excluding hydrogens is 220 g/mol. The zero-order valence-corrected chi connectivity index (χ0v) is 10.5. The Morgan fingerprint density at radius 3 is 3.00 bits per heavy atom. The van der Waals surface area contributed by atoms with E-state index < -0.39 is 5.60 Å². The number of carbonyl (C=O) groups excluding carboxylic acids is 2. The molecule has 0 aromatic rings. The molecule has 0 radical (unpaired) electrons. The summed E-state index contributed by atoms with van der Waals surface area (Å²) in [5.41, 5.74) is -0.717. The Balaban J connectivity index is 2.14. The third kappa shape index (κ3) is 2.16. The van der Waals surface area contributed by atoms with Crippen LogP contribution in [0.4, 0.5) is 0 Å². The third-order valence-electron chi connectivity index (χ3n) is 3.65. The van der Waals surface area contributed by atoms with E-state index in [-0.39, 0.29) is 17.9 Å². The Labute approximate surface area is 101 Å². The van der Waals surface area contributed by atoms with Gasteiger partial charge >= 0.3 is 0 Å². The average molecular weight is 240 g/mol. The van der Waals surface area contributed by atoms with E-state index in [9.17, 15) is 9.59 Å². The van der Waals surface area contributed by atoms with Crippen molar-refractivity contribution >= 4 is 11.8 Å². The highest BCUT2D eigenvalue weighted by Crippen LogP contribution is 2.28. The van der Waals surface area contributed by atoms with Crippen molar-refractivity contribution in [1.29, 1.82) is 0 Å². The summed E-state index contributed by atoms with van der Waals surface area (Å²) in [5, 5.41) is 2.80. The maximum Gasteiger partial charge on any atom is 0.255 e. The van der Waals surface area contributed by atoms with E-state index in [2.05, 4.69) is 5.32 Å². The van der Waals surface area contributed by atoms with Gasteiger partial charge in [-0.05, 0) is 26.2 Å². The molecule has 0 saturated carbocycles. The Morgan fingerprint density at radius 2 is 2.41 bits per heavy atom. The van der Waals surface area contributed by atoms with Crippen LogP contribution in [0, 0.1) is 0 Å². The predicted molar refractivity (Wildman–Crippen MR) is 62.4 cm³/mol. The Hall–Kier alpha value is -1.10. The van der Waals surface area contributed by atoms with Gasteiger partial charge in [0.25, 0.3) is 5.91 Å². The molecule has 96 valence electrons. The number of ether oxygens (including phenoxy) is 1. The lowest BCUT2D eigenvalue weighted by molar-refractivity contribution is -0.158. The van der Waals surface area contributed by atoms with Gasteiger partial charge in [-0.1, -0.05) is 6.92 Å². The summed E-state index contributed by atoms with van der Waals surface area (Å²) in [5.74, 6) is -0.0783. The van der Waals surface area contributed by atoms with Crippen LogP contribution in [0.15, 0.2) is 0 Å². The van der Waals surface area contributed by atoms with Crippen LogP contribution in [0.3, 0.4) is 0 Å². The molecule has 2 heterocycles. The summed E-state index contributed by atoms with van der Waals surface area (Å²) in [6.45, 7) is 5.52. The minimum absolute atomic E-state index is 0.0308. The van der Waals surface area contributed by atoms with Gasteiger partial charge in [0.15, 0.2) is 0 Å². The summed E-state index contributed by atoms with van der Waals surface area (Å²) < 4.78 is 5.56. The Morgan fingerprint density at radius 1 is 1.65 bits per heavy atom. The van der Waals surface area contributed by atoms with Crippen LogP contribution in [-0.2, 0) is 14.3 Å². The molecular formula is C12H20N2O3. The van der Waals surface area contributed by atoms with Crippen molar-refractivity contribution in [3.8, 4) is 0 Å². The van der Waals surface area contributed by atoms with E-state index in [1.54, 1.807) is 4.90 Å². The van der Waals surface area contributed by atoms with Crippen molar-refractivity contribution in [3.63, 3.8) is 0 Å². The number of amides is 2. The van der Waals surface area contributed by atoms with Crippen LogP contribution in [-0.4, -0.2) is 48.1 Å². The number of nitrogens with zero attached hydrogens (tertiary/aromatic N) is 1. The zero-order valence-electron chi connectivity index (χ0n) is 10.5. The lowest BCUT2D eigenvalue weighted by Gasteiger charge is -2.38. The second kappa shape index (κ2) is 4.64. The molecule has 2 unspecified atom stereocenters. The maximum atomic E-state index is 12.5. The first kappa shape index (κ1) is 12.4. The van der Waals surface area contributed by atoms with Crippen molar-refractivity contribution in [2.75, 3.05) is 19.7 Å². The molecule has 0 spiro atoms. The topological polar surface area (TPSA) is 58.6 Å². The van der Waals surface area contributed by atoms with E-state index in [0.717, 1.165) is 12.8 Å². The minimum atomic E-state index is -0.717. The summed E-state index contributed by atoms with van der Waals surface area (Å²) >= 11 is 0. The lowest BCUT2D eigenvalue weighted by Crippen LogP contribution is -2.61. The molecule has 17 heavy (non-hydrogen) atoms. The first-order valence-corrected chi connectivity index (χ1v) is 6.31. The van der Waals surface area contributed by atoms with E-state index >= 15 is 0 Å². The molecule has 2 atom stereocenters. The first-order valence-electron chi connectivity index (χ1n) is 6.31. The quantitative estimate of drug-likeness (QED) is 0.755. The molecule has 2 aliphatic rings. The number of rotatable bonds is 2. The summed E-state index contributed by atoms with van der Waals surface area (Å²) in [7, 11) is 0. The number of carbonyl (C=O) groups is 2. The van der Waals surface area contributed by atoms with Crippen LogP contribution in [0.2, 0.25) is 0 Å². The lowest BCUT2D eigenvalue weighted by atomic mass is 9.98. The number of hydrogen-bond donors (Lipinski definition) is 1. The molecule has 1 N–H and O–H groups in total. The van der Waals surface area contributed by atoms with Gasteiger partial charge in [0, 0.05) is 19.7 Å². The van der Waals surface area contributed by atoms with Crippen LogP contribution >= 0.6 is 0 Å². The van der Waals surface area contributed by atoms with Gasteiger partial charge in [-0.15, -0.1) is 0 Å². The van der Waals surface area contributed by atoms with Crippen molar-refractivity contribution in [3.05, 3.63) is 0 Å². The summed E-state index contributed by atoms with van der Waals surface area (Å²) in [4.78, 5) is 25.9. The fourth-order valence-corrected chi connectivity index (χ4v) is 2.62. The predicted octanol–water partition coefficient (Wildman–Crippen LogP) is 0.293. The fourth-order valence-electron chi connectivity index (χ4n) is 2.62. The number of nitrogens with one attached hydrogen (secondary N) is 1. The van der Waals surface area contributed by atoms with Gasteiger partial charge in [0.1, 0.15) is 11.6 Å². The van der Waals surface area contributed by atoms with E-state index in [1.807, 2.05) is 13.8 Å². The van der Waals surface area contributed by atoms with Crippen molar-refractivity contribution in [2.24, 2.45) is 0 Å². The molecule has 0 bridgehead atoms. The van der Waals surface area contributed by atoms with Crippen molar-refractivity contribution in [2.45, 2.75) is 44.8 Å². The molecule has 5 nitrogen and oxygen atoms in total. The van der Waals surface area contributed by atoms with E-state index in [0.29, 0.717) is 26.1 Å². The standard InChI is InChI=1S/C12H20N2O3/c1-3-9-10(15)13-6-7-14(9)11(16)12(2)5-4-8-17-12/h9H,3-8H2,1-2H3,(H,13,15). The van der Waals surface area contributed by atoms with Crippen LogP contribution in [0.25, 0.3) is 0 Å². The van der Waals surface area contributed by atoms with Crippen molar-refractivity contribution in [1.82, 2.24) is 10.2 Å². The molecule has 2 amide bonds. The minimum Gasteiger partial charge on any atom is -0.365 e. The van der Waals surface area contributed by atoms with Gasteiger partial charge in [-0.3, -0.25) is 9.59 Å².